The van der Waals surface area contributed by atoms with Gasteiger partial charge in [0.15, 0.2) is 0 Å². The monoisotopic (exact) mass is 231 g/mol. The van der Waals surface area contributed by atoms with E-state index in [-0.39, 0.29) is 0 Å². The third kappa shape index (κ3) is 1.98. The highest BCUT2D eigenvalue weighted by molar-refractivity contribution is 5.68. The molecule has 90 valence electrons. The van der Waals surface area contributed by atoms with Crippen molar-refractivity contribution in [2.45, 2.75) is 20.3 Å². The molecule has 0 unspecified atom stereocenters. The van der Waals surface area contributed by atoms with Gasteiger partial charge in [-0.1, -0.05) is 6.92 Å². The summed E-state index contributed by atoms with van der Waals surface area (Å²) >= 11 is 0. The van der Waals surface area contributed by atoms with E-state index in [0.29, 0.717) is 11.6 Å². The number of phenolic OH excluding ortho intramolecular Hbond substituents is 1. The molecular formula is C13H17N3O. The normalized spacial score (nSPS) is 10.8. The minimum Gasteiger partial charge on any atom is -0.508 e. The fraction of sp³-hybridized carbons (Fsp3) is 0.308. The summed E-state index contributed by atoms with van der Waals surface area (Å²) in [6.45, 7) is 3.97. The Bertz CT molecular complexity index is 539. The molecule has 17 heavy (non-hydrogen) atoms. The molecule has 0 amide bonds. The number of hydrogen-bond acceptors (Lipinski definition) is 3. The minimum atomic E-state index is 0.345. The van der Waals surface area contributed by atoms with Gasteiger partial charge in [0.1, 0.15) is 11.6 Å². The van der Waals surface area contributed by atoms with Gasteiger partial charge < -0.3 is 10.8 Å². The van der Waals surface area contributed by atoms with Crippen LogP contribution in [0, 0.1) is 6.92 Å². The predicted octanol–water partition coefficient (Wildman–Crippen LogP) is 2.25. The van der Waals surface area contributed by atoms with E-state index in [1.807, 2.05) is 33.0 Å². The van der Waals surface area contributed by atoms with Gasteiger partial charge in [-0.05, 0) is 36.6 Å². The van der Waals surface area contributed by atoms with Crippen LogP contribution < -0.4 is 5.73 Å². The van der Waals surface area contributed by atoms with Gasteiger partial charge in [0.05, 0.1) is 5.69 Å². The molecule has 0 radical (unpaired) electrons. The third-order valence-corrected chi connectivity index (χ3v) is 3.00. The molecule has 0 aliphatic heterocycles. The molecular weight excluding hydrogens is 214 g/mol. The van der Waals surface area contributed by atoms with E-state index in [0.717, 1.165) is 28.8 Å². The molecule has 0 spiro atoms. The van der Waals surface area contributed by atoms with Crippen LogP contribution in [0.4, 0.5) is 5.82 Å². The number of rotatable bonds is 2. The Labute approximate surface area is 101 Å². The van der Waals surface area contributed by atoms with E-state index in [4.69, 9.17) is 5.73 Å². The van der Waals surface area contributed by atoms with Crippen LogP contribution in [0.25, 0.3) is 11.3 Å². The highest BCUT2D eigenvalue weighted by Crippen LogP contribution is 2.30. The number of anilines is 1. The second-order valence-corrected chi connectivity index (χ2v) is 4.23. The Morgan fingerprint density at radius 2 is 2.06 bits per heavy atom. The van der Waals surface area contributed by atoms with E-state index >= 15 is 0 Å². The number of benzene rings is 1. The smallest absolute Gasteiger partial charge is 0.121 e. The molecule has 0 saturated heterocycles. The first-order valence-electron chi connectivity index (χ1n) is 5.65. The first-order chi connectivity index (χ1) is 8.02. The standard InChI is InChI=1S/C13H17N3O/c1-4-9-6-10(8(2)5-12(9)17)11-7-13(14)16(3)15-11/h5-7,17H,4,14H2,1-3H3. The largest absolute Gasteiger partial charge is 0.508 e. The fourth-order valence-electron chi connectivity index (χ4n) is 1.91. The lowest BCUT2D eigenvalue weighted by Crippen LogP contribution is -1.96. The first kappa shape index (κ1) is 11.5. The summed E-state index contributed by atoms with van der Waals surface area (Å²) in [6.07, 6.45) is 0.793. The van der Waals surface area contributed by atoms with Crippen molar-refractivity contribution in [2.75, 3.05) is 5.73 Å². The summed E-state index contributed by atoms with van der Waals surface area (Å²) in [5.41, 5.74) is 9.57. The Balaban J connectivity index is 2.58. The number of aromatic nitrogens is 2. The molecule has 1 aromatic heterocycles. The van der Waals surface area contributed by atoms with Crippen LogP contribution in [0.1, 0.15) is 18.1 Å². The van der Waals surface area contributed by atoms with Crippen LogP contribution in [-0.4, -0.2) is 14.9 Å². The van der Waals surface area contributed by atoms with Gasteiger partial charge in [-0.2, -0.15) is 5.10 Å². The molecule has 3 N–H and O–H groups in total. The molecule has 0 bridgehead atoms. The second-order valence-electron chi connectivity index (χ2n) is 4.23. The highest BCUT2D eigenvalue weighted by Gasteiger charge is 2.11. The summed E-state index contributed by atoms with van der Waals surface area (Å²) < 4.78 is 1.65. The van der Waals surface area contributed by atoms with E-state index in [2.05, 4.69) is 5.10 Å². The molecule has 2 rings (SSSR count). The molecule has 0 atom stereocenters. The first-order valence-corrected chi connectivity index (χ1v) is 5.65. The predicted molar refractivity (Wildman–Crippen MR) is 68.8 cm³/mol. The van der Waals surface area contributed by atoms with Crippen molar-refractivity contribution in [1.29, 1.82) is 0 Å². The van der Waals surface area contributed by atoms with Crippen molar-refractivity contribution in [3.8, 4) is 17.0 Å². The van der Waals surface area contributed by atoms with Crippen LogP contribution in [0.15, 0.2) is 18.2 Å². The van der Waals surface area contributed by atoms with Gasteiger partial charge in [0.2, 0.25) is 0 Å². The number of aryl methyl sites for hydroxylation is 3. The zero-order chi connectivity index (χ0) is 12.6. The van der Waals surface area contributed by atoms with Crippen molar-refractivity contribution >= 4 is 5.82 Å². The maximum atomic E-state index is 9.77. The van der Waals surface area contributed by atoms with Crippen molar-refractivity contribution in [3.05, 3.63) is 29.3 Å². The highest BCUT2D eigenvalue weighted by atomic mass is 16.3. The van der Waals surface area contributed by atoms with Gasteiger partial charge in [0, 0.05) is 18.7 Å². The molecule has 0 fully saturated rings. The van der Waals surface area contributed by atoms with Crippen LogP contribution in [0.3, 0.4) is 0 Å². The Morgan fingerprint density at radius 1 is 1.35 bits per heavy atom. The number of nitrogens with zero attached hydrogens (tertiary/aromatic N) is 2. The molecule has 1 aromatic carbocycles. The third-order valence-electron chi connectivity index (χ3n) is 3.00. The van der Waals surface area contributed by atoms with Gasteiger partial charge >= 0.3 is 0 Å². The van der Waals surface area contributed by atoms with Gasteiger partial charge in [-0.25, -0.2) is 0 Å². The Hall–Kier alpha value is -1.97. The van der Waals surface area contributed by atoms with Crippen LogP contribution >= 0.6 is 0 Å². The van der Waals surface area contributed by atoms with Crippen molar-refractivity contribution in [1.82, 2.24) is 9.78 Å². The summed E-state index contributed by atoms with van der Waals surface area (Å²) in [5.74, 6) is 0.975. The molecule has 1 heterocycles. The number of nitrogen functional groups attached to an aromatic ring is 1. The van der Waals surface area contributed by atoms with E-state index < -0.39 is 0 Å². The van der Waals surface area contributed by atoms with Crippen LogP contribution in [0.2, 0.25) is 0 Å². The van der Waals surface area contributed by atoms with Crippen LogP contribution in [-0.2, 0) is 13.5 Å². The quantitative estimate of drug-likeness (QED) is 0.833. The van der Waals surface area contributed by atoms with E-state index in [9.17, 15) is 5.11 Å². The molecule has 2 aromatic rings. The second kappa shape index (κ2) is 4.13. The van der Waals surface area contributed by atoms with Gasteiger partial charge in [-0.15, -0.1) is 0 Å². The average Bonchev–Trinajstić information content (AvgIpc) is 2.59. The maximum Gasteiger partial charge on any atom is 0.121 e. The minimum absolute atomic E-state index is 0.345. The molecule has 0 saturated carbocycles. The molecule has 0 aliphatic rings. The molecule has 4 heteroatoms. The van der Waals surface area contributed by atoms with Gasteiger partial charge in [-0.3, -0.25) is 4.68 Å². The zero-order valence-corrected chi connectivity index (χ0v) is 10.4. The SMILES string of the molecule is CCc1cc(-c2cc(N)n(C)n2)c(C)cc1O. The Morgan fingerprint density at radius 3 is 2.59 bits per heavy atom. The lowest BCUT2D eigenvalue weighted by Gasteiger charge is -2.08. The summed E-state index contributed by atoms with van der Waals surface area (Å²) in [4.78, 5) is 0. The zero-order valence-electron chi connectivity index (χ0n) is 10.4. The maximum absolute atomic E-state index is 9.77. The number of aromatic hydroxyl groups is 1. The number of nitrogens with two attached hydrogens (primary N) is 1. The summed E-state index contributed by atoms with van der Waals surface area (Å²) in [5, 5.41) is 14.1. The summed E-state index contributed by atoms with van der Waals surface area (Å²) in [6, 6.07) is 5.60. The van der Waals surface area contributed by atoms with E-state index in [1.165, 1.54) is 0 Å². The summed E-state index contributed by atoms with van der Waals surface area (Å²) in [7, 11) is 1.81. The number of hydrogen-bond donors (Lipinski definition) is 2. The van der Waals surface area contributed by atoms with Crippen LogP contribution in [0.5, 0.6) is 5.75 Å². The number of phenols is 1. The van der Waals surface area contributed by atoms with Crippen molar-refractivity contribution in [2.24, 2.45) is 7.05 Å². The fourth-order valence-corrected chi connectivity index (χ4v) is 1.91. The Kier molecular flexibility index (Phi) is 2.79. The lowest BCUT2D eigenvalue weighted by molar-refractivity contribution is 0.468. The van der Waals surface area contributed by atoms with Gasteiger partial charge in [0.25, 0.3) is 0 Å². The van der Waals surface area contributed by atoms with E-state index in [1.54, 1.807) is 10.7 Å². The van der Waals surface area contributed by atoms with Crippen molar-refractivity contribution in [3.63, 3.8) is 0 Å². The lowest BCUT2D eigenvalue weighted by atomic mass is 10.00. The molecule has 0 aliphatic carbocycles. The average molecular weight is 231 g/mol. The molecule has 4 nitrogen and oxygen atoms in total. The van der Waals surface area contributed by atoms with Crippen molar-refractivity contribution < 1.29 is 5.11 Å². The topological polar surface area (TPSA) is 64.1 Å².